The molecule has 0 aromatic heterocycles. The Kier molecular flexibility index (Phi) is 6.52. The minimum Gasteiger partial charge on any atom is -0.497 e. The Morgan fingerprint density at radius 2 is 2.05 bits per heavy atom. The molecule has 1 N–H and O–H groups in total. The van der Waals surface area contributed by atoms with Crippen molar-refractivity contribution < 1.29 is 4.74 Å². The van der Waals surface area contributed by atoms with Crippen molar-refractivity contribution >= 4 is 0 Å². The van der Waals surface area contributed by atoms with Crippen LogP contribution in [0.2, 0.25) is 0 Å². The molecule has 1 aromatic rings. The van der Waals surface area contributed by atoms with E-state index in [0.717, 1.165) is 24.6 Å². The summed E-state index contributed by atoms with van der Waals surface area (Å²) in [6.07, 6.45) is 3.78. The highest BCUT2D eigenvalue weighted by Gasteiger charge is 2.18. The van der Waals surface area contributed by atoms with Gasteiger partial charge in [-0.3, -0.25) is 0 Å². The smallest absolute Gasteiger partial charge is 0.118 e. The van der Waals surface area contributed by atoms with Gasteiger partial charge in [-0.25, -0.2) is 0 Å². The molecular formula is C18H30N2O. The van der Waals surface area contributed by atoms with E-state index in [-0.39, 0.29) is 0 Å². The fourth-order valence-electron chi connectivity index (χ4n) is 3.08. The molecule has 1 aliphatic heterocycles. The molecule has 0 amide bonds. The standard InChI is InChI=1S/C18H30N2O/c1-15(2)13-20(14-17-5-4-11-19-17)12-10-16-6-8-18(21-3)9-7-16/h6-9,15,17,19H,4-5,10-14H2,1-3H3. The molecule has 0 aliphatic carbocycles. The molecule has 3 heteroatoms. The molecule has 1 heterocycles. The van der Waals surface area contributed by atoms with Gasteiger partial charge in [0.05, 0.1) is 7.11 Å². The topological polar surface area (TPSA) is 24.5 Å². The molecular weight excluding hydrogens is 260 g/mol. The molecule has 1 saturated heterocycles. The highest BCUT2D eigenvalue weighted by Crippen LogP contribution is 2.13. The van der Waals surface area contributed by atoms with E-state index in [9.17, 15) is 0 Å². The van der Waals surface area contributed by atoms with Crippen molar-refractivity contribution in [1.29, 1.82) is 0 Å². The first kappa shape index (κ1) is 16.3. The van der Waals surface area contributed by atoms with Gasteiger partial charge in [-0.1, -0.05) is 26.0 Å². The van der Waals surface area contributed by atoms with Crippen LogP contribution in [0.4, 0.5) is 0 Å². The van der Waals surface area contributed by atoms with E-state index in [1.165, 1.54) is 38.0 Å². The number of methoxy groups -OCH3 is 1. The van der Waals surface area contributed by atoms with E-state index < -0.39 is 0 Å². The predicted molar refractivity (Wildman–Crippen MR) is 89.0 cm³/mol. The first-order chi connectivity index (χ1) is 10.2. The molecule has 1 unspecified atom stereocenters. The Morgan fingerprint density at radius 3 is 2.62 bits per heavy atom. The molecule has 118 valence electrons. The lowest BCUT2D eigenvalue weighted by Gasteiger charge is -2.27. The van der Waals surface area contributed by atoms with Gasteiger partial charge in [0.2, 0.25) is 0 Å². The van der Waals surface area contributed by atoms with Crippen LogP contribution in [0.5, 0.6) is 5.75 Å². The van der Waals surface area contributed by atoms with E-state index >= 15 is 0 Å². The largest absolute Gasteiger partial charge is 0.497 e. The molecule has 0 bridgehead atoms. The maximum atomic E-state index is 5.22. The molecule has 1 atom stereocenters. The molecule has 0 radical (unpaired) electrons. The van der Waals surface area contributed by atoms with Crippen LogP contribution in [-0.4, -0.2) is 44.2 Å². The Labute approximate surface area is 129 Å². The van der Waals surface area contributed by atoms with Crippen molar-refractivity contribution in [2.75, 3.05) is 33.3 Å². The Balaban J connectivity index is 1.84. The number of hydrogen-bond acceptors (Lipinski definition) is 3. The fraction of sp³-hybridized carbons (Fsp3) is 0.667. The van der Waals surface area contributed by atoms with E-state index in [1.807, 2.05) is 0 Å². The van der Waals surface area contributed by atoms with Gasteiger partial charge in [-0.05, 0) is 49.4 Å². The average Bonchev–Trinajstić information content (AvgIpc) is 2.97. The number of nitrogens with zero attached hydrogens (tertiary/aromatic N) is 1. The van der Waals surface area contributed by atoms with Gasteiger partial charge in [0.25, 0.3) is 0 Å². The third-order valence-corrected chi connectivity index (χ3v) is 4.14. The normalized spacial score (nSPS) is 18.6. The summed E-state index contributed by atoms with van der Waals surface area (Å²) in [4.78, 5) is 2.62. The van der Waals surface area contributed by atoms with Crippen molar-refractivity contribution in [2.24, 2.45) is 5.92 Å². The Hall–Kier alpha value is -1.06. The minimum absolute atomic E-state index is 0.694. The molecule has 0 spiro atoms. The van der Waals surface area contributed by atoms with Gasteiger partial charge in [0.15, 0.2) is 0 Å². The van der Waals surface area contributed by atoms with E-state index in [0.29, 0.717) is 6.04 Å². The highest BCUT2D eigenvalue weighted by molar-refractivity contribution is 5.27. The van der Waals surface area contributed by atoms with Crippen LogP contribution in [0, 0.1) is 5.92 Å². The number of nitrogens with one attached hydrogen (secondary N) is 1. The van der Waals surface area contributed by atoms with Crippen LogP contribution in [-0.2, 0) is 6.42 Å². The molecule has 0 saturated carbocycles. The average molecular weight is 290 g/mol. The summed E-state index contributed by atoms with van der Waals surface area (Å²) in [5.41, 5.74) is 1.39. The molecule has 21 heavy (non-hydrogen) atoms. The van der Waals surface area contributed by atoms with Gasteiger partial charge in [-0.15, -0.1) is 0 Å². The zero-order chi connectivity index (χ0) is 15.1. The summed E-state index contributed by atoms with van der Waals surface area (Å²) in [5.74, 6) is 1.66. The van der Waals surface area contributed by atoms with Crippen molar-refractivity contribution in [1.82, 2.24) is 10.2 Å². The summed E-state index contributed by atoms with van der Waals surface area (Å²) in [6, 6.07) is 9.17. The molecule has 3 nitrogen and oxygen atoms in total. The SMILES string of the molecule is COc1ccc(CCN(CC(C)C)CC2CCCN2)cc1. The quantitative estimate of drug-likeness (QED) is 0.796. The van der Waals surface area contributed by atoms with Crippen molar-refractivity contribution in [3.63, 3.8) is 0 Å². The maximum absolute atomic E-state index is 5.22. The summed E-state index contributed by atoms with van der Waals surface area (Å²) >= 11 is 0. The molecule has 1 aromatic carbocycles. The maximum Gasteiger partial charge on any atom is 0.118 e. The van der Waals surface area contributed by atoms with E-state index in [2.05, 4.69) is 48.3 Å². The first-order valence-corrected chi connectivity index (χ1v) is 8.26. The lowest BCUT2D eigenvalue weighted by atomic mass is 10.1. The van der Waals surface area contributed by atoms with E-state index in [4.69, 9.17) is 4.74 Å². The van der Waals surface area contributed by atoms with Crippen LogP contribution in [0.1, 0.15) is 32.3 Å². The van der Waals surface area contributed by atoms with Crippen LogP contribution in [0.15, 0.2) is 24.3 Å². The van der Waals surface area contributed by atoms with Crippen LogP contribution in [0.3, 0.4) is 0 Å². The van der Waals surface area contributed by atoms with E-state index in [1.54, 1.807) is 7.11 Å². The zero-order valence-electron chi connectivity index (χ0n) is 13.8. The predicted octanol–water partition coefficient (Wildman–Crippen LogP) is 2.95. The second kappa shape index (κ2) is 8.40. The lowest BCUT2D eigenvalue weighted by molar-refractivity contribution is 0.226. The van der Waals surface area contributed by atoms with Gasteiger partial charge in [0.1, 0.15) is 5.75 Å². The monoisotopic (exact) mass is 290 g/mol. The third kappa shape index (κ3) is 5.68. The fourth-order valence-corrected chi connectivity index (χ4v) is 3.08. The number of benzene rings is 1. The van der Waals surface area contributed by atoms with Crippen LogP contribution in [0.25, 0.3) is 0 Å². The number of ether oxygens (including phenoxy) is 1. The Morgan fingerprint density at radius 1 is 1.29 bits per heavy atom. The summed E-state index contributed by atoms with van der Waals surface area (Å²) in [5, 5.41) is 3.62. The van der Waals surface area contributed by atoms with Gasteiger partial charge in [-0.2, -0.15) is 0 Å². The first-order valence-electron chi connectivity index (χ1n) is 8.26. The summed E-state index contributed by atoms with van der Waals surface area (Å²) < 4.78 is 5.22. The van der Waals surface area contributed by atoms with Gasteiger partial charge in [0, 0.05) is 25.7 Å². The van der Waals surface area contributed by atoms with Crippen LogP contribution >= 0.6 is 0 Å². The Bertz CT molecular complexity index is 396. The van der Waals surface area contributed by atoms with Crippen molar-refractivity contribution in [3.8, 4) is 5.75 Å². The van der Waals surface area contributed by atoms with Crippen molar-refractivity contribution in [3.05, 3.63) is 29.8 Å². The lowest BCUT2D eigenvalue weighted by Crippen LogP contribution is -2.40. The zero-order valence-corrected chi connectivity index (χ0v) is 13.8. The summed E-state index contributed by atoms with van der Waals surface area (Å²) in [7, 11) is 1.72. The van der Waals surface area contributed by atoms with Crippen LogP contribution < -0.4 is 10.1 Å². The minimum atomic E-state index is 0.694. The third-order valence-electron chi connectivity index (χ3n) is 4.14. The summed E-state index contributed by atoms with van der Waals surface area (Å²) in [6.45, 7) is 9.33. The second-order valence-corrected chi connectivity index (χ2v) is 6.54. The number of rotatable bonds is 8. The number of hydrogen-bond donors (Lipinski definition) is 1. The van der Waals surface area contributed by atoms with Gasteiger partial charge >= 0.3 is 0 Å². The second-order valence-electron chi connectivity index (χ2n) is 6.54. The molecule has 2 rings (SSSR count). The van der Waals surface area contributed by atoms with Gasteiger partial charge < -0.3 is 15.0 Å². The van der Waals surface area contributed by atoms with Crippen molar-refractivity contribution in [2.45, 2.75) is 39.2 Å². The molecule has 1 aliphatic rings. The highest BCUT2D eigenvalue weighted by atomic mass is 16.5. The molecule has 1 fully saturated rings.